The second-order valence-electron chi connectivity index (χ2n) is 4.22. The van der Waals surface area contributed by atoms with E-state index in [9.17, 15) is 8.42 Å². The van der Waals surface area contributed by atoms with Crippen LogP contribution in [0.25, 0.3) is 0 Å². The van der Waals surface area contributed by atoms with E-state index in [0.29, 0.717) is 24.6 Å². The van der Waals surface area contributed by atoms with Gasteiger partial charge < -0.3 is 4.74 Å². The minimum Gasteiger partial charge on any atom is -0.375 e. The van der Waals surface area contributed by atoms with Crippen molar-refractivity contribution in [3.8, 4) is 0 Å². The first-order valence-electron chi connectivity index (χ1n) is 5.91. The van der Waals surface area contributed by atoms with Crippen molar-refractivity contribution >= 4 is 26.0 Å². The Labute approximate surface area is 116 Å². The number of morpholine rings is 1. The van der Waals surface area contributed by atoms with E-state index in [2.05, 4.69) is 15.9 Å². The van der Waals surface area contributed by atoms with Crippen LogP contribution >= 0.6 is 15.9 Å². The Bertz CT molecular complexity index is 518. The first-order chi connectivity index (χ1) is 8.54. The van der Waals surface area contributed by atoms with Crippen molar-refractivity contribution in [3.63, 3.8) is 0 Å². The van der Waals surface area contributed by atoms with E-state index in [0.717, 1.165) is 10.9 Å². The Balaban J connectivity index is 2.25. The van der Waals surface area contributed by atoms with Gasteiger partial charge in [0.05, 0.1) is 17.6 Å². The quantitative estimate of drug-likeness (QED) is 0.852. The number of hydrogen-bond donors (Lipinski definition) is 0. The second-order valence-corrected chi connectivity index (χ2v) is 7.08. The molecule has 0 radical (unpaired) electrons. The fourth-order valence-electron chi connectivity index (χ4n) is 1.93. The molecular weight excluding hydrogens is 318 g/mol. The second kappa shape index (κ2) is 5.69. The summed E-state index contributed by atoms with van der Waals surface area (Å²) >= 11 is 3.30. The molecule has 6 heteroatoms. The summed E-state index contributed by atoms with van der Waals surface area (Å²) in [5.41, 5.74) is 0. The molecule has 1 atom stereocenters. The molecule has 18 heavy (non-hydrogen) atoms. The number of halogens is 1. The fraction of sp³-hybridized carbons (Fsp3) is 0.500. The maximum Gasteiger partial charge on any atom is 0.243 e. The lowest BCUT2D eigenvalue weighted by atomic mass is 10.2. The van der Waals surface area contributed by atoms with Gasteiger partial charge in [0.25, 0.3) is 0 Å². The number of sulfonamides is 1. The van der Waals surface area contributed by atoms with Crippen molar-refractivity contribution in [2.75, 3.05) is 19.7 Å². The van der Waals surface area contributed by atoms with Crippen molar-refractivity contribution in [3.05, 3.63) is 28.7 Å². The smallest absolute Gasteiger partial charge is 0.243 e. The highest BCUT2D eigenvalue weighted by molar-refractivity contribution is 9.10. The molecule has 0 spiro atoms. The zero-order chi connectivity index (χ0) is 13.2. The number of benzene rings is 1. The van der Waals surface area contributed by atoms with Crippen molar-refractivity contribution in [1.82, 2.24) is 4.31 Å². The first kappa shape index (κ1) is 14.0. The molecule has 0 amide bonds. The molecule has 1 saturated heterocycles. The summed E-state index contributed by atoms with van der Waals surface area (Å²) in [6, 6.07) is 6.80. The van der Waals surface area contributed by atoms with Crippen LogP contribution in [0.2, 0.25) is 0 Å². The normalized spacial score (nSPS) is 22.0. The molecule has 0 N–H and O–H groups in total. The van der Waals surface area contributed by atoms with Gasteiger partial charge in [-0.3, -0.25) is 0 Å². The van der Waals surface area contributed by atoms with Crippen molar-refractivity contribution < 1.29 is 13.2 Å². The molecule has 1 unspecified atom stereocenters. The van der Waals surface area contributed by atoms with E-state index in [-0.39, 0.29) is 6.10 Å². The summed E-state index contributed by atoms with van der Waals surface area (Å²) < 4.78 is 32.7. The predicted molar refractivity (Wildman–Crippen MR) is 72.9 cm³/mol. The number of ether oxygens (including phenoxy) is 1. The number of hydrogen-bond acceptors (Lipinski definition) is 3. The molecule has 1 aliphatic rings. The van der Waals surface area contributed by atoms with E-state index in [1.54, 1.807) is 18.2 Å². The first-order valence-corrected chi connectivity index (χ1v) is 8.14. The van der Waals surface area contributed by atoms with Crippen LogP contribution in [0.15, 0.2) is 33.6 Å². The van der Waals surface area contributed by atoms with Gasteiger partial charge >= 0.3 is 0 Å². The third kappa shape index (κ3) is 2.93. The third-order valence-corrected chi connectivity index (χ3v) is 5.35. The molecule has 1 heterocycles. The van der Waals surface area contributed by atoms with Crippen molar-refractivity contribution in [1.29, 1.82) is 0 Å². The summed E-state index contributed by atoms with van der Waals surface area (Å²) in [6.07, 6.45) is 0.825. The molecule has 0 bridgehead atoms. The number of nitrogens with zero attached hydrogens (tertiary/aromatic N) is 1. The highest BCUT2D eigenvalue weighted by Crippen LogP contribution is 2.22. The van der Waals surface area contributed by atoms with Crippen LogP contribution in [0.1, 0.15) is 13.3 Å². The topological polar surface area (TPSA) is 46.6 Å². The SMILES string of the molecule is CCC1CN(S(=O)(=O)c2cccc(Br)c2)CCO1. The van der Waals surface area contributed by atoms with Gasteiger partial charge in [0.2, 0.25) is 10.0 Å². The average Bonchev–Trinajstić information content (AvgIpc) is 2.39. The molecule has 2 rings (SSSR count). The average molecular weight is 334 g/mol. The van der Waals surface area contributed by atoms with Gasteiger partial charge in [0, 0.05) is 17.6 Å². The molecule has 0 aliphatic carbocycles. The van der Waals surface area contributed by atoms with Gasteiger partial charge in [0.1, 0.15) is 0 Å². The Hall–Kier alpha value is -0.430. The van der Waals surface area contributed by atoms with Crippen LogP contribution < -0.4 is 0 Å². The monoisotopic (exact) mass is 333 g/mol. The van der Waals surface area contributed by atoms with E-state index in [1.807, 2.05) is 13.0 Å². The minimum atomic E-state index is -3.40. The Morgan fingerprint density at radius 2 is 2.28 bits per heavy atom. The summed E-state index contributed by atoms with van der Waals surface area (Å²) in [5, 5.41) is 0. The molecular formula is C12H16BrNO3S. The van der Waals surface area contributed by atoms with Gasteiger partial charge in [0.15, 0.2) is 0 Å². The molecule has 1 fully saturated rings. The summed E-state index contributed by atoms with van der Waals surface area (Å²) in [6.45, 7) is 3.32. The summed E-state index contributed by atoms with van der Waals surface area (Å²) in [7, 11) is -3.40. The largest absolute Gasteiger partial charge is 0.375 e. The van der Waals surface area contributed by atoms with Gasteiger partial charge in [-0.1, -0.05) is 28.9 Å². The van der Waals surface area contributed by atoms with E-state index in [4.69, 9.17) is 4.74 Å². The zero-order valence-electron chi connectivity index (χ0n) is 10.2. The van der Waals surface area contributed by atoms with E-state index >= 15 is 0 Å². The highest BCUT2D eigenvalue weighted by Gasteiger charge is 2.30. The molecule has 1 aromatic carbocycles. The van der Waals surface area contributed by atoms with Crippen molar-refractivity contribution in [2.45, 2.75) is 24.3 Å². The predicted octanol–water partition coefficient (Wildman–Crippen LogP) is 2.25. The molecule has 4 nitrogen and oxygen atoms in total. The third-order valence-electron chi connectivity index (χ3n) is 2.99. The van der Waals surface area contributed by atoms with E-state index in [1.165, 1.54) is 4.31 Å². The van der Waals surface area contributed by atoms with Crippen LogP contribution in [-0.2, 0) is 14.8 Å². The minimum absolute atomic E-state index is 0.000628. The zero-order valence-corrected chi connectivity index (χ0v) is 12.6. The van der Waals surface area contributed by atoms with Crippen molar-refractivity contribution in [2.24, 2.45) is 0 Å². The van der Waals surface area contributed by atoms with Crippen LogP contribution in [0.4, 0.5) is 0 Å². The standard InChI is InChI=1S/C12H16BrNO3S/c1-2-11-9-14(6-7-17-11)18(15,16)12-5-3-4-10(13)8-12/h3-5,8,11H,2,6-7,9H2,1H3. The number of rotatable bonds is 3. The summed E-state index contributed by atoms with van der Waals surface area (Å²) in [5.74, 6) is 0. The van der Waals surface area contributed by atoms with E-state index < -0.39 is 10.0 Å². The van der Waals surface area contributed by atoms with Crippen LogP contribution in [0.3, 0.4) is 0 Å². The van der Waals surface area contributed by atoms with Gasteiger partial charge in [-0.05, 0) is 24.6 Å². The lowest BCUT2D eigenvalue weighted by molar-refractivity contribution is -0.00277. The highest BCUT2D eigenvalue weighted by atomic mass is 79.9. The summed E-state index contributed by atoms with van der Waals surface area (Å²) in [4.78, 5) is 0.327. The van der Waals surface area contributed by atoms with Crippen LogP contribution in [-0.4, -0.2) is 38.5 Å². The fourth-order valence-corrected chi connectivity index (χ4v) is 3.99. The molecule has 0 aromatic heterocycles. The van der Waals surface area contributed by atoms with Gasteiger partial charge in [-0.2, -0.15) is 4.31 Å². The maximum absolute atomic E-state index is 12.5. The van der Waals surface area contributed by atoms with Gasteiger partial charge in [-0.15, -0.1) is 0 Å². The molecule has 1 aliphatic heterocycles. The molecule has 100 valence electrons. The van der Waals surface area contributed by atoms with Crippen LogP contribution in [0, 0.1) is 0 Å². The Morgan fingerprint density at radius 1 is 1.50 bits per heavy atom. The lowest BCUT2D eigenvalue weighted by Crippen LogP contribution is -2.45. The Morgan fingerprint density at radius 3 is 2.94 bits per heavy atom. The molecule has 1 aromatic rings. The maximum atomic E-state index is 12.5. The lowest BCUT2D eigenvalue weighted by Gasteiger charge is -2.31. The van der Waals surface area contributed by atoms with Gasteiger partial charge in [-0.25, -0.2) is 8.42 Å². The van der Waals surface area contributed by atoms with Crippen LogP contribution in [0.5, 0.6) is 0 Å². The Kier molecular flexibility index (Phi) is 4.42. The molecule has 0 saturated carbocycles.